The third-order valence-electron chi connectivity index (χ3n) is 4.34. The van der Waals surface area contributed by atoms with Gasteiger partial charge in [-0.1, -0.05) is 60.7 Å². The minimum atomic E-state index is -0.830. The molecule has 1 atom stereocenters. The van der Waals surface area contributed by atoms with Gasteiger partial charge in [0.1, 0.15) is 6.04 Å². The van der Waals surface area contributed by atoms with Crippen LogP contribution in [0.25, 0.3) is 11.1 Å². The maximum absolute atomic E-state index is 11.8. The van der Waals surface area contributed by atoms with Crippen LogP contribution in [0.2, 0.25) is 0 Å². The predicted octanol–water partition coefficient (Wildman–Crippen LogP) is 3.06. The van der Waals surface area contributed by atoms with E-state index in [0.29, 0.717) is 0 Å². The van der Waals surface area contributed by atoms with Crippen LogP contribution in [-0.4, -0.2) is 30.3 Å². The topological polar surface area (TPSA) is 101 Å². The number of aryl methyl sites for hydroxylation is 1. The molecule has 0 fully saturated rings. The van der Waals surface area contributed by atoms with E-state index >= 15 is 0 Å². The van der Waals surface area contributed by atoms with Gasteiger partial charge >= 0.3 is 0 Å². The SMILES string of the molecule is CC(=O)NCC(=O)N[C@H](Cc1ccc(-c2ccccc2)cc1)C(N)=O.Cc1cccs1. The van der Waals surface area contributed by atoms with Crippen LogP contribution in [0, 0.1) is 6.92 Å². The number of nitrogens with two attached hydrogens (primary N) is 1. The molecule has 0 unspecified atom stereocenters. The molecule has 0 saturated heterocycles. The Kier molecular flexibility index (Phi) is 9.45. The Morgan fingerprint density at radius 3 is 2.06 bits per heavy atom. The minimum absolute atomic E-state index is 0.188. The summed E-state index contributed by atoms with van der Waals surface area (Å²) in [7, 11) is 0. The van der Waals surface area contributed by atoms with Crippen LogP contribution in [0.1, 0.15) is 17.4 Å². The number of amides is 3. The molecule has 3 aromatic rings. The van der Waals surface area contributed by atoms with Crippen molar-refractivity contribution < 1.29 is 14.4 Å². The fraction of sp³-hybridized carbons (Fsp3) is 0.208. The first kappa shape index (κ1) is 23.8. The lowest BCUT2D eigenvalue weighted by atomic mass is 10.0. The van der Waals surface area contributed by atoms with Gasteiger partial charge in [-0.2, -0.15) is 0 Å². The average Bonchev–Trinajstić information content (AvgIpc) is 3.24. The van der Waals surface area contributed by atoms with Gasteiger partial charge in [-0.3, -0.25) is 14.4 Å². The Morgan fingerprint density at radius 2 is 1.58 bits per heavy atom. The number of carbonyl (C=O) groups is 3. The highest BCUT2D eigenvalue weighted by atomic mass is 32.1. The first-order valence-corrected chi connectivity index (χ1v) is 10.7. The van der Waals surface area contributed by atoms with Crippen LogP contribution >= 0.6 is 11.3 Å². The number of rotatable bonds is 7. The van der Waals surface area contributed by atoms with Gasteiger partial charge in [0.05, 0.1) is 6.54 Å². The molecule has 1 heterocycles. The highest BCUT2D eigenvalue weighted by molar-refractivity contribution is 7.09. The first-order chi connectivity index (χ1) is 14.8. The quantitative estimate of drug-likeness (QED) is 0.529. The maximum atomic E-state index is 11.8. The van der Waals surface area contributed by atoms with Crippen molar-refractivity contribution in [3.05, 3.63) is 82.6 Å². The van der Waals surface area contributed by atoms with E-state index in [0.717, 1.165) is 16.7 Å². The lowest BCUT2D eigenvalue weighted by molar-refractivity contribution is -0.128. The second-order valence-corrected chi connectivity index (χ2v) is 8.07. The summed E-state index contributed by atoms with van der Waals surface area (Å²) in [5.74, 6) is -1.40. The van der Waals surface area contributed by atoms with Gasteiger partial charge in [-0.15, -0.1) is 11.3 Å². The summed E-state index contributed by atoms with van der Waals surface area (Å²) in [5, 5.41) is 6.99. The fourth-order valence-electron chi connectivity index (χ4n) is 2.73. The zero-order valence-electron chi connectivity index (χ0n) is 17.6. The number of hydrogen-bond acceptors (Lipinski definition) is 4. The van der Waals surface area contributed by atoms with Crippen LogP contribution in [0.5, 0.6) is 0 Å². The third kappa shape index (κ3) is 8.84. The summed E-state index contributed by atoms with van der Waals surface area (Å²) in [6, 6.07) is 21.0. The van der Waals surface area contributed by atoms with Crippen molar-refractivity contribution in [2.75, 3.05) is 6.54 Å². The van der Waals surface area contributed by atoms with Crippen molar-refractivity contribution in [3.8, 4) is 11.1 Å². The van der Waals surface area contributed by atoms with E-state index in [4.69, 9.17) is 5.73 Å². The Hall–Kier alpha value is -3.45. The maximum Gasteiger partial charge on any atom is 0.240 e. The molecule has 6 nitrogen and oxygen atoms in total. The molecule has 4 N–H and O–H groups in total. The number of primary amides is 1. The van der Waals surface area contributed by atoms with Crippen molar-refractivity contribution in [2.24, 2.45) is 5.73 Å². The van der Waals surface area contributed by atoms with E-state index in [1.165, 1.54) is 11.8 Å². The first-order valence-electron chi connectivity index (χ1n) is 9.82. The lowest BCUT2D eigenvalue weighted by Crippen LogP contribution is -2.48. The molecule has 0 bridgehead atoms. The van der Waals surface area contributed by atoms with Crippen LogP contribution in [0.4, 0.5) is 0 Å². The summed E-state index contributed by atoms with van der Waals surface area (Å²) in [6.07, 6.45) is 0.288. The number of hydrogen-bond donors (Lipinski definition) is 3. The van der Waals surface area contributed by atoms with E-state index in [2.05, 4.69) is 35.1 Å². The molecule has 0 saturated carbocycles. The Balaban J connectivity index is 0.000000488. The molecule has 7 heteroatoms. The summed E-state index contributed by atoms with van der Waals surface area (Å²) in [4.78, 5) is 35.6. The van der Waals surface area contributed by atoms with Gasteiger partial charge < -0.3 is 16.4 Å². The molecule has 0 aliphatic heterocycles. The standard InChI is InChI=1S/C19H21N3O3.C5H6S/c1-13(23)21-12-18(24)22-17(19(20)25)11-14-7-9-16(10-8-14)15-5-3-2-4-6-15;1-5-3-2-4-6-5/h2-10,17H,11-12H2,1H3,(H2,20,25)(H,21,23)(H,22,24);2-4H,1H3/t17-;/m1./s1. The van der Waals surface area contributed by atoms with Crippen LogP contribution in [0.15, 0.2) is 72.1 Å². The number of nitrogens with one attached hydrogen (secondary N) is 2. The van der Waals surface area contributed by atoms with Gasteiger partial charge in [-0.25, -0.2) is 0 Å². The van der Waals surface area contributed by atoms with Crippen molar-refractivity contribution in [3.63, 3.8) is 0 Å². The lowest BCUT2D eigenvalue weighted by Gasteiger charge is -2.16. The van der Waals surface area contributed by atoms with Crippen molar-refractivity contribution in [2.45, 2.75) is 26.3 Å². The highest BCUT2D eigenvalue weighted by Gasteiger charge is 2.18. The summed E-state index contributed by atoms with van der Waals surface area (Å²) >= 11 is 1.78. The van der Waals surface area contributed by atoms with E-state index in [1.807, 2.05) is 54.6 Å². The van der Waals surface area contributed by atoms with Gasteiger partial charge in [-0.05, 0) is 35.1 Å². The van der Waals surface area contributed by atoms with Crippen molar-refractivity contribution in [1.29, 1.82) is 0 Å². The largest absolute Gasteiger partial charge is 0.368 e. The monoisotopic (exact) mass is 437 g/mol. The molecule has 1 aromatic heterocycles. The zero-order valence-corrected chi connectivity index (χ0v) is 18.4. The van der Waals surface area contributed by atoms with Crippen LogP contribution in [0.3, 0.4) is 0 Å². The van der Waals surface area contributed by atoms with Gasteiger partial charge in [0.15, 0.2) is 0 Å². The zero-order chi connectivity index (χ0) is 22.6. The summed E-state index contributed by atoms with van der Waals surface area (Å²) < 4.78 is 0. The smallest absolute Gasteiger partial charge is 0.240 e. The molecule has 162 valence electrons. The Bertz CT molecular complexity index is 971. The van der Waals surface area contributed by atoms with E-state index < -0.39 is 17.9 Å². The molecule has 0 spiro atoms. The third-order valence-corrected chi connectivity index (χ3v) is 5.14. The Morgan fingerprint density at radius 1 is 0.935 bits per heavy atom. The van der Waals surface area contributed by atoms with Crippen LogP contribution < -0.4 is 16.4 Å². The number of thiophene rings is 1. The molecular weight excluding hydrogens is 410 g/mol. The molecule has 3 amide bonds. The second kappa shape index (κ2) is 12.3. The highest BCUT2D eigenvalue weighted by Crippen LogP contribution is 2.19. The average molecular weight is 438 g/mol. The van der Waals surface area contributed by atoms with Crippen molar-refractivity contribution >= 4 is 29.1 Å². The molecule has 0 radical (unpaired) electrons. The minimum Gasteiger partial charge on any atom is -0.368 e. The summed E-state index contributed by atoms with van der Waals surface area (Å²) in [6.45, 7) is 3.23. The van der Waals surface area contributed by atoms with Gasteiger partial charge in [0.2, 0.25) is 17.7 Å². The summed E-state index contributed by atoms with van der Waals surface area (Å²) in [5.41, 5.74) is 8.41. The van der Waals surface area contributed by atoms with E-state index in [-0.39, 0.29) is 18.9 Å². The number of carbonyl (C=O) groups excluding carboxylic acids is 3. The van der Waals surface area contributed by atoms with Crippen LogP contribution in [-0.2, 0) is 20.8 Å². The van der Waals surface area contributed by atoms with E-state index in [9.17, 15) is 14.4 Å². The normalized spacial score (nSPS) is 10.9. The molecule has 31 heavy (non-hydrogen) atoms. The van der Waals surface area contributed by atoms with E-state index in [1.54, 1.807) is 11.3 Å². The van der Waals surface area contributed by atoms with Gasteiger partial charge in [0, 0.05) is 18.2 Å². The van der Waals surface area contributed by atoms with Gasteiger partial charge in [0.25, 0.3) is 0 Å². The van der Waals surface area contributed by atoms with Crippen molar-refractivity contribution in [1.82, 2.24) is 10.6 Å². The molecule has 0 aliphatic carbocycles. The Labute approximate surface area is 186 Å². The molecule has 3 rings (SSSR count). The molecular formula is C24H27N3O3S. The second-order valence-electron chi connectivity index (χ2n) is 6.92. The molecule has 2 aromatic carbocycles. The fourth-order valence-corrected chi connectivity index (χ4v) is 3.26. The number of benzene rings is 2. The molecule has 0 aliphatic rings. The predicted molar refractivity (Wildman–Crippen MR) is 124 cm³/mol.